The van der Waals surface area contributed by atoms with E-state index >= 15 is 0 Å². The van der Waals surface area contributed by atoms with Crippen molar-refractivity contribution in [3.63, 3.8) is 0 Å². The number of aromatic nitrogens is 4. The van der Waals surface area contributed by atoms with Gasteiger partial charge in [0.2, 0.25) is 5.28 Å². The van der Waals surface area contributed by atoms with Crippen molar-refractivity contribution in [2.24, 2.45) is 5.92 Å². The molecule has 6 rings (SSSR count). The van der Waals surface area contributed by atoms with Crippen molar-refractivity contribution in [2.45, 2.75) is 69.8 Å². The summed E-state index contributed by atoms with van der Waals surface area (Å²) in [5.41, 5.74) is 2.25. The molecule has 2 saturated heterocycles. The summed E-state index contributed by atoms with van der Waals surface area (Å²) in [6.07, 6.45) is 3.89. The Kier molecular flexibility index (Phi) is 6.54. The van der Waals surface area contributed by atoms with Crippen molar-refractivity contribution in [3.05, 3.63) is 46.5 Å². The van der Waals surface area contributed by atoms with Gasteiger partial charge in [-0.3, -0.25) is 4.90 Å². The fraction of sp³-hybridized carbons (Fsp3) is 0.577. The first-order valence-corrected chi connectivity index (χ1v) is 13.6. The predicted octanol–water partition coefficient (Wildman–Crippen LogP) is 5.61. The van der Waals surface area contributed by atoms with Crippen LogP contribution in [-0.2, 0) is 11.3 Å². The molecule has 198 valence electrons. The van der Waals surface area contributed by atoms with Gasteiger partial charge in [0.15, 0.2) is 17.0 Å². The van der Waals surface area contributed by atoms with Crippen LogP contribution in [0.25, 0.3) is 11.2 Å². The summed E-state index contributed by atoms with van der Waals surface area (Å²) in [6.45, 7) is 6.82. The molecule has 0 N–H and O–H groups in total. The molecule has 3 aromatic rings. The molecule has 1 aromatic carbocycles. The lowest BCUT2D eigenvalue weighted by atomic mass is 9.95. The van der Waals surface area contributed by atoms with E-state index in [0.717, 1.165) is 25.0 Å². The molecule has 2 aromatic heterocycles. The molecule has 7 nitrogen and oxygen atoms in total. The van der Waals surface area contributed by atoms with E-state index in [2.05, 4.69) is 38.6 Å². The molecular formula is C26H30Cl2F2N6O. The van der Waals surface area contributed by atoms with Gasteiger partial charge in [-0.05, 0) is 56.0 Å². The summed E-state index contributed by atoms with van der Waals surface area (Å²) in [5.74, 6) is -2.67. The molecule has 3 aliphatic rings. The fourth-order valence-corrected chi connectivity index (χ4v) is 6.26. The van der Waals surface area contributed by atoms with E-state index < -0.39 is 11.8 Å². The zero-order valence-corrected chi connectivity index (χ0v) is 22.3. The SMILES string of the molecule is C[C@@H]1CN(c2nc(Cl)nc3c2ncn3C[C@@H]2CCCO2)[C@@H](C)CN1C(c1ccc(Cl)cc1)[C@@H]1CC1(F)F. The second-order valence-electron chi connectivity index (χ2n) is 10.6. The predicted molar refractivity (Wildman–Crippen MR) is 140 cm³/mol. The topological polar surface area (TPSA) is 59.3 Å². The molecule has 11 heteroatoms. The highest BCUT2D eigenvalue weighted by Crippen LogP contribution is 2.57. The van der Waals surface area contributed by atoms with Gasteiger partial charge in [0, 0.05) is 55.2 Å². The lowest BCUT2D eigenvalue weighted by molar-refractivity contribution is 0.0393. The van der Waals surface area contributed by atoms with Gasteiger partial charge >= 0.3 is 0 Å². The number of piperazine rings is 1. The summed E-state index contributed by atoms with van der Waals surface area (Å²) < 4.78 is 36.6. The second kappa shape index (κ2) is 9.59. The van der Waals surface area contributed by atoms with E-state index in [1.165, 1.54) is 0 Å². The molecule has 0 bridgehead atoms. The molecule has 1 aliphatic carbocycles. The third-order valence-electron chi connectivity index (χ3n) is 7.97. The number of imidazole rings is 1. The number of fused-ring (bicyclic) bond motifs is 1. The Morgan fingerprint density at radius 1 is 1.11 bits per heavy atom. The number of rotatable bonds is 6. The van der Waals surface area contributed by atoms with E-state index in [9.17, 15) is 8.78 Å². The fourth-order valence-electron chi connectivity index (χ4n) is 5.97. The monoisotopic (exact) mass is 550 g/mol. The molecule has 0 spiro atoms. The number of alkyl halides is 2. The Labute approximate surface area is 224 Å². The standard InChI is InChI=1S/C26H30Cl2F2N6O/c1-15-12-36(24-21-23(32-25(28)33-24)34(14-31-21)13-19-4-3-9-37-19)16(2)11-35(15)22(20-10-26(20,29)30)17-5-7-18(27)8-6-17/h5-8,14-16,19-20,22H,3-4,9-13H2,1-2H3/t15-,16+,19+,20+,22?/m1/s1. The van der Waals surface area contributed by atoms with E-state index in [-0.39, 0.29) is 35.9 Å². The van der Waals surface area contributed by atoms with Gasteiger partial charge < -0.3 is 14.2 Å². The van der Waals surface area contributed by atoms with E-state index in [0.29, 0.717) is 41.6 Å². The van der Waals surface area contributed by atoms with Gasteiger partial charge in [0.05, 0.1) is 19.0 Å². The summed E-state index contributed by atoms with van der Waals surface area (Å²) in [5, 5.41) is 0.760. The minimum absolute atomic E-state index is 0.00384. The van der Waals surface area contributed by atoms with Crippen LogP contribution in [0.5, 0.6) is 0 Å². The Balaban J connectivity index is 1.29. The van der Waals surface area contributed by atoms with Gasteiger partial charge in [-0.15, -0.1) is 0 Å². The maximum atomic E-state index is 14.4. The van der Waals surface area contributed by atoms with E-state index in [4.69, 9.17) is 27.9 Å². The van der Waals surface area contributed by atoms with Gasteiger partial charge in [0.1, 0.15) is 0 Å². The van der Waals surface area contributed by atoms with Crippen LogP contribution in [0.4, 0.5) is 14.6 Å². The Morgan fingerprint density at radius 2 is 1.86 bits per heavy atom. The minimum Gasteiger partial charge on any atom is -0.376 e. The smallest absolute Gasteiger partial charge is 0.253 e. The largest absolute Gasteiger partial charge is 0.376 e. The Morgan fingerprint density at radius 3 is 2.54 bits per heavy atom. The third kappa shape index (κ3) is 4.80. The van der Waals surface area contributed by atoms with Crippen molar-refractivity contribution >= 4 is 40.2 Å². The number of benzene rings is 1. The molecule has 0 radical (unpaired) electrons. The Hall–Kier alpha value is -2.07. The summed E-state index contributed by atoms with van der Waals surface area (Å²) in [7, 11) is 0. The highest BCUT2D eigenvalue weighted by Gasteiger charge is 2.62. The van der Waals surface area contributed by atoms with Crippen LogP contribution in [0, 0.1) is 5.92 Å². The van der Waals surface area contributed by atoms with Gasteiger partial charge in [-0.25, -0.2) is 13.8 Å². The molecule has 37 heavy (non-hydrogen) atoms. The van der Waals surface area contributed by atoms with E-state index in [1.54, 1.807) is 18.5 Å². The lowest BCUT2D eigenvalue weighted by Gasteiger charge is -2.48. The summed E-state index contributed by atoms with van der Waals surface area (Å²) in [6, 6.07) is 6.91. The number of ether oxygens (including phenoxy) is 1. The van der Waals surface area contributed by atoms with Crippen LogP contribution in [-0.4, -0.2) is 68.2 Å². The normalized spacial score (nSPS) is 28.6. The number of anilines is 1. The molecule has 3 fully saturated rings. The van der Waals surface area contributed by atoms with Crippen LogP contribution in [0.1, 0.15) is 44.7 Å². The third-order valence-corrected chi connectivity index (χ3v) is 8.39. The van der Waals surface area contributed by atoms with Crippen molar-refractivity contribution < 1.29 is 13.5 Å². The average molecular weight is 551 g/mol. The maximum absolute atomic E-state index is 14.4. The number of hydrogen-bond acceptors (Lipinski definition) is 6. The summed E-state index contributed by atoms with van der Waals surface area (Å²) >= 11 is 12.5. The first-order valence-electron chi connectivity index (χ1n) is 12.9. The molecule has 0 amide bonds. The first kappa shape index (κ1) is 25.2. The van der Waals surface area contributed by atoms with Crippen LogP contribution < -0.4 is 4.90 Å². The van der Waals surface area contributed by atoms with Crippen molar-refractivity contribution in [1.82, 2.24) is 24.4 Å². The van der Waals surface area contributed by atoms with Gasteiger partial charge in [0.25, 0.3) is 5.92 Å². The minimum atomic E-state index is -2.65. The lowest BCUT2D eigenvalue weighted by Crippen LogP contribution is -2.58. The quantitative estimate of drug-likeness (QED) is 0.372. The maximum Gasteiger partial charge on any atom is 0.253 e. The van der Waals surface area contributed by atoms with Crippen LogP contribution >= 0.6 is 23.2 Å². The molecule has 2 aliphatic heterocycles. The van der Waals surface area contributed by atoms with Gasteiger partial charge in [-0.2, -0.15) is 9.97 Å². The average Bonchev–Trinajstić information content (AvgIpc) is 3.22. The van der Waals surface area contributed by atoms with Crippen molar-refractivity contribution in [1.29, 1.82) is 0 Å². The van der Waals surface area contributed by atoms with Crippen molar-refractivity contribution in [2.75, 3.05) is 24.6 Å². The zero-order chi connectivity index (χ0) is 25.9. The highest BCUT2D eigenvalue weighted by molar-refractivity contribution is 6.30. The zero-order valence-electron chi connectivity index (χ0n) is 20.8. The van der Waals surface area contributed by atoms with Crippen LogP contribution in [0.2, 0.25) is 10.3 Å². The molecule has 1 unspecified atom stereocenters. The molecule has 4 heterocycles. The number of hydrogen-bond donors (Lipinski definition) is 0. The second-order valence-corrected chi connectivity index (χ2v) is 11.4. The Bertz CT molecular complexity index is 1280. The number of halogens is 4. The van der Waals surface area contributed by atoms with Crippen LogP contribution in [0.3, 0.4) is 0 Å². The highest BCUT2D eigenvalue weighted by atomic mass is 35.5. The van der Waals surface area contributed by atoms with Crippen molar-refractivity contribution in [3.8, 4) is 0 Å². The molecule has 1 saturated carbocycles. The first-order chi connectivity index (χ1) is 17.7. The molecule has 5 atom stereocenters. The van der Waals surface area contributed by atoms with E-state index in [1.807, 2.05) is 16.7 Å². The number of nitrogens with zero attached hydrogens (tertiary/aromatic N) is 6. The summed E-state index contributed by atoms with van der Waals surface area (Å²) in [4.78, 5) is 18.1. The van der Waals surface area contributed by atoms with Crippen LogP contribution in [0.15, 0.2) is 30.6 Å². The van der Waals surface area contributed by atoms with Gasteiger partial charge in [-0.1, -0.05) is 23.7 Å². The molecular weight excluding hydrogens is 521 g/mol.